The Morgan fingerprint density at radius 3 is 1.50 bits per heavy atom. The van der Waals surface area contributed by atoms with E-state index in [-0.39, 0.29) is 13.1 Å². The standard InChI is InChI=1S/C20H40N2O4/c1-3-4-5-6-7-8-9-10-11-12-13-14-21(2)15-16-22(17-19(23)24)18-20(25)26/h3-18H2,1-2H3,(H,23,24)(H,25,26). The molecule has 0 aromatic rings. The second-order valence-corrected chi connectivity index (χ2v) is 7.34. The van der Waals surface area contributed by atoms with Gasteiger partial charge in [0, 0.05) is 13.1 Å². The lowest BCUT2D eigenvalue weighted by atomic mass is 10.1. The Bertz CT molecular complexity index is 348. The Morgan fingerprint density at radius 1 is 0.654 bits per heavy atom. The summed E-state index contributed by atoms with van der Waals surface area (Å²) in [5.41, 5.74) is 0. The lowest BCUT2D eigenvalue weighted by molar-refractivity contribution is -0.141. The second-order valence-electron chi connectivity index (χ2n) is 7.34. The molecule has 0 aromatic carbocycles. The van der Waals surface area contributed by atoms with E-state index in [0.29, 0.717) is 13.1 Å². The van der Waals surface area contributed by atoms with Crippen molar-refractivity contribution in [2.45, 2.75) is 77.6 Å². The fourth-order valence-corrected chi connectivity index (χ4v) is 3.07. The molecule has 0 unspecified atom stereocenters. The van der Waals surface area contributed by atoms with Gasteiger partial charge in [0.15, 0.2) is 0 Å². The molecule has 0 saturated carbocycles. The summed E-state index contributed by atoms with van der Waals surface area (Å²) in [6.45, 7) is 3.94. The number of hydrogen-bond donors (Lipinski definition) is 2. The Kier molecular flexibility index (Phi) is 16.5. The summed E-state index contributed by atoms with van der Waals surface area (Å²) in [6, 6.07) is 0. The normalized spacial score (nSPS) is 11.4. The van der Waals surface area contributed by atoms with E-state index in [1.807, 2.05) is 7.05 Å². The van der Waals surface area contributed by atoms with Crippen LogP contribution in [-0.4, -0.2) is 71.7 Å². The minimum absolute atomic E-state index is 0.224. The average molecular weight is 373 g/mol. The Balaban J connectivity index is 3.56. The molecule has 0 rings (SSSR count). The number of likely N-dealkylation sites (N-methyl/N-ethyl adjacent to an activating group) is 1. The van der Waals surface area contributed by atoms with E-state index in [4.69, 9.17) is 10.2 Å². The van der Waals surface area contributed by atoms with Crippen LogP contribution < -0.4 is 0 Å². The predicted molar refractivity (Wildman–Crippen MR) is 106 cm³/mol. The molecule has 0 aromatic heterocycles. The topological polar surface area (TPSA) is 81.1 Å². The van der Waals surface area contributed by atoms with Gasteiger partial charge >= 0.3 is 11.9 Å². The first-order chi connectivity index (χ1) is 12.5. The highest BCUT2D eigenvalue weighted by Gasteiger charge is 2.13. The second kappa shape index (κ2) is 17.3. The van der Waals surface area contributed by atoms with Crippen LogP contribution in [0.3, 0.4) is 0 Å². The molecule has 0 aliphatic heterocycles. The number of nitrogens with zero attached hydrogens (tertiary/aromatic N) is 2. The van der Waals surface area contributed by atoms with Gasteiger partial charge in [0.1, 0.15) is 0 Å². The van der Waals surface area contributed by atoms with Crippen LogP contribution in [0.25, 0.3) is 0 Å². The average Bonchev–Trinajstić information content (AvgIpc) is 2.56. The predicted octanol–water partition coefficient (Wildman–Crippen LogP) is 3.70. The molecule has 0 fully saturated rings. The van der Waals surface area contributed by atoms with Gasteiger partial charge in [-0.05, 0) is 20.0 Å². The van der Waals surface area contributed by atoms with Crippen molar-refractivity contribution in [1.82, 2.24) is 9.80 Å². The van der Waals surface area contributed by atoms with Crippen LogP contribution in [0.4, 0.5) is 0 Å². The molecule has 2 N–H and O–H groups in total. The van der Waals surface area contributed by atoms with Gasteiger partial charge in [0.05, 0.1) is 13.1 Å². The maximum atomic E-state index is 10.8. The zero-order valence-corrected chi connectivity index (χ0v) is 16.9. The number of carboxylic acid groups (broad SMARTS) is 2. The highest BCUT2D eigenvalue weighted by molar-refractivity contribution is 5.72. The lowest BCUT2D eigenvalue weighted by Crippen LogP contribution is -2.39. The first-order valence-corrected chi connectivity index (χ1v) is 10.3. The number of aliphatic carboxylic acids is 2. The quantitative estimate of drug-likeness (QED) is 0.337. The number of carbonyl (C=O) groups is 2. The number of hydrogen-bond acceptors (Lipinski definition) is 4. The van der Waals surface area contributed by atoms with Crippen molar-refractivity contribution in [3.05, 3.63) is 0 Å². The van der Waals surface area contributed by atoms with Crippen LogP contribution >= 0.6 is 0 Å². The Hall–Kier alpha value is -1.14. The maximum absolute atomic E-state index is 10.8. The number of rotatable bonds is 19. The van der Waals surface area contributed by atoms with E-state index >= 15 is 0 Å². The molecule has 0 bridgehead atoms. The maximum Gasteiger partial charge on any atom is 0.317 e. The molecule has 0 radical (unpaired) electrons. The summed E-state index contributed by atoms with van der Waals surface area (Å²) in [5, 5.41) is 17.7. The molecular weight excluding hydrogens is 332 g/mol. The van der Waals surface area contributed by atoms with E-state index in [0.717, 1.165) is 13.0 Å². The Labute approximate surface area is 159 Å². The van der Waals surface area contributed by atoms with Crippen molar-refractivity contribution < 1.29 is 19.8 Å². The molecule has 0 aliphatic rings. The molecule has 154 valence electrons. The van der Waals surface area contributed by atoms with Crippen molar-refractivity contribution in [3.8, 4) is 0 Å². The van der Waals surface area contributed by atoms with Crippen molar-refractivity contribution in [3.63, 3.8) is 0 Å². The minimum atomic E-state index is -0.987. The van der Waals surface area contributed by atoms with E-state index in [1.54, 1.807) is 0 Å². The fourth-order valence-electron chi connectivity index (χ4n) is 3.07. The van der Waals surface area contributed by atoms with Crippen molar-refractivity contribution in [1.29, 1.82) is 0 Å². The third-order valence-electron chi connectivity index (χ3n) is 4.66. The van der Waals surface area contributed by atoms with Gasteiger partial charge < -0.3 is 15.1 Å². The number of unbranched alkanes of at least 4 members (excludes halogenated alkanes) is 10. The Morgan fingerprint density at radius 2 is 1.08 bits per heavy atom. The zero-order chi connectivity index (χ0) is 19.6. The zero-order valence-electron chi connectivity index (χ0n) is 16.9. The highest BCUT2D eigenvalue weighted by atomic mass is 16.4. The fraction of sp³-hybridized carbons (Fsp3) is 0.900. The van der Waals surface area contributed by atoms with Crippen molar-refractivity contribution in [2.75, 3.05) is 39.8 Å². The molecule has 6 heteroatoms. The largest absolute Gasteiger partial charge is 0.480 e. The van der Waals surface area contributed by atoms with Crippen LogP contribution in [0.2, 0.25) is 0 Å². The van der Waals surface area contributed by atoms with Gasteiger partial charge in [0.2, 0.25) is 0 Å². The van der Waals surface area contributed by atoms with Gasteiger partial charge in [-0.2, -0.15) is 0 Å². The smallest absolute Gasteiger partial charge is 0.317 e. The molecule has 6 nitrogen and oxygen atoms in total. The molecule has 0 spiro atoms. The van der Waals surface area contributed by atoms with Crippen LogP contribution in [0.5, 0.6) is 0 Å². The van der Waals surface area contributed by atoms with E-state index in [9.17, 15) is 9.59 Å². The highest BCUT2D eigenvalue weighted by Crippen LogP contribution is 2.11. The summed E-state index contributed by atoms with van der Waals surface area (Å²) in [6.07, 6.45) is 14.5. The van der Waals surface area contributed by atoms with Gasteiger partial charge in [0.25, 0.3) is 0 Å². The van der Waals surface area contributed by atoms with Crippen LogP contribution in [0.15, 0.2) is 0 Å². The van der Waals surface area contributed by atoms with Gasteiger partial charge in [-0.3, -0.25) is 14.5 Å². The van der Waals surface area contributed by atoms with E-state index in [2.05, 4.69) is 11.8 Å². The third-order valence-corrected chi connectivity index (χ3v) is 4.66. The summed E-state index contributed by atoms with van der Waals surface area (Å²) in [5.74, 6) is -1.97. The summed E-state index contributed by atoms with van der Waals surface area (Å²) in [7, 11) is 2.01. The first-order valence-electron chi connectivity index (χ1n) is 10.3. The summed E-state index contributed by atoms with van der Waals surface area (Å²) < 4.78 is 0. The third kappa shape index (κ3) is 17.7. The van der Waals surface area contributed by atoms with Crippen LogP contribution in [0.1, 0.15) is 77.6 Å². The van der Waals surface area contributed by atoms with E-state index < -0.39 is 11.9 Å². The molecule has 0 saturated heterocycles. The summed E-state index contributed by atoms with van der Waals surface area (Å²) in [4.78, 5) is 25.2. The molecule has 0 amide bonds. The lowest BCUT2D eigenvalue weighted by Gasteiger charge is -2.22. The molecule has 0 aliphatic carbocycles. The van der Waals surface area contributed by atoms with Crippen LogP contribution in [0, 0.1) is 0 Å². The minimum Gasteiger partial charge on any atom is -0.480 e. The summed E-state index contributed by atoms with van der Waals surface area (Å²) >= 11 is 0. The van der Waals surface area contributed by atoms with Crippen LogP contribution in [-0.2, 0) is 9.59 Å². The van der Waals surface area contributed by atoms with Crippen molar-refractivity contribution >= 4 is 11.9 Å². The van der Waals surface area contributed by atoms with Gasteiger partial charge in [-0.25, -0.2) is 0 Å². The number of carboxylic acids is 2. The molecule has 0 heterocycles. The molecular formula is C20H40N2O4. The van der Waals surface area contributed by atoms with Gasteiger partial charge in [-0.15, -0.1) is 0 Å². The molecule has 26 heavy (non-hydrogen) atoms. The molecule has 0 atom stereocenters. The SMILES string of the molecule is CCCCCCCCCCCCCN(C)CCN(CC(=O)O)CC(=O)O. The van der Waals surface area contributed by atoms with Crippen molar-refractivity contribution in [2.24, 2.45) is 0 Å². The van der Waals surface area contributed by atoms with Gasteiger partial charge in [-0.1, -0.05) is 71.1 Å². The van der Waals surface area contributed by atoms with E-state index in [1.165, 1.54) is 69.1 Å². The first kappa shape index (κ1) is 24.9. The monoisotopic (exact) mass is 372 g/mol.